The molecule has 11 atom stereocenters. The predicted octanol–water partition coefficient (Wildman–Crippen LogP) is 5.46. The van der Waals surface area contributed by atoms with Gasteiger partial charge in [0.1, 0.15) is 5.78 Å². The summed E-state index contributed by atoms with van der Waals surface area (Å²) >= 11 is 0. The quantitative estimate of drug-likeness (QED) is 0.455. The third-order valence-corrected chi connectivity index (χ3v) is 13.4. The first-order valence-electron chi connectivity index (χ1n) is 14.2. The van der Waals surface area contributed by atoms with Crippen molar-refractivity contribution in [1.82, 2.24) is 0 Å². The summed E-state index contributed by atoms with van der Waals surface area (Å²) in [6.07, 6.45) is 7.37. The molecule has 0 heterocycles. The van der Waals surface area contributed by atoms with Crippen LogP contribution in [0.1, 0.15) is 106 Å². The van der Waals surface area contributed by atoms with Crippen LogP contribution in [-0.2, 0) is 9.59 Å². The van der Waals surface area contributed by atoms with E-state index in [0.29, 0.717) is 30.5 Å². The minimum atomic E-state index is -1.11. The molecule has 5 fully saturated rings. The van der Waals surface area contributed by atoms with E-state index in [9.17, 15) is 24.9 Å². The van der Waals surface area contributed by atoms with E-state index in [2.05, 4.69) is 34.6 Å². The number of carboxylic acids is 1. The summed E-state index contributed by atoms with van der Waals surface area (Å²) in [5.41, 5.74) is -1.42. The van der Waals surface area contributed by atoms with E-state index in [4.69, 9.17) is 0 Å². The van der Waals surface area contributed by atoms with Crippen LogP contribution in [0.3, 0.4) is 0 Å². The average Bonchev–Trinajstić information content (AvgIpc) is 2.94. The molecule has 0 unspecified atom stereocenters. The molecule has 5 rings (SSSR count). The lowest BCUT2D eigenvalue weighted by atomic mass is 9.41. The van der Waals surface area contributed by atoms with Gasteiger partial charge in [-0.1, -0.05) is 34.6 Å². The number of fused-ring (bicyclic) bond motifs is 6. The largest absolute Gasteiger partial charge is 0.481 e. The lowest BCUT2D eigenvalue weighted by Gasteiger charge is -2.63. The van der Waals surface area contributed by atoms with Crippen molar-refractivity contribution in [2.45, 2.75) is 118 Å². The molecule has 3 N–H and O–H groups in total. The van der Waals surface area contributed by atoms with Crippen molar-refractivity contribution in [2.24, 2.45) is 56.7 Å². The number of aliphatic hydroxyl groups is 2. The number of aliphatic carboxylic acids is 1. The molecule has 0 aliphatic heterocycles. The fourth-order valence-corrected chi connectivity index (χ4v) is 11.2. The number of carbonyl (C=O) groups excluding carboxylic acids is 1. The first-order valence-corrected chi connectivity index (χ1v) is 14.2. The molecular weight excluding hydrogens is 440 g/mol. The Morgan fingerprint density at radius 1 is 0.771 bits per heavy atom. The van der Waals surface area contributed by atoms with E-state index >= 15 is 0 Å². The maximum atomic E-state index is 13.8. The van der Waals surface area contributed by atoms with Crippen molar-refractivity contribution in [1.29, 1.82) is 0 Å². The van der Waals surface area contributed by atoms with E-state index in [-0.39, 0.29) is 45.5 Å². The van der Waals surface area contributed by atoms with Crippen LogP contribution in [0.4, 0.5) is 0 Å². The Bertz CT molecular complexity index is 912. The highest BCUT2D eigenvalue weighted by Gasteiger charge is 2.67. The maximum Gasteiger partial charge on any atom is 0.312 e. The second kappa shape index (κ2) is 7.79. The Balaban J connectivity index is 1.53. The molecule has 0 aromatic rings. The molecule has 5 aliphatic rings. The molecule has 0 spiro atoms. The molecule has 0 bridgehead atoms. The summed E-state index contributed by atoms with van der Waals surface area (Å²) < 4.78 is 0. The number of hydrogen-bond donors (Lipinski definition) is 3. The molecule has 35 heavy (non-hydrogen) atoms. The number of aliphatic hydroxyl groups excluding tert-OH is 2. The summed E-state index contributed by atoms with van der Waals surface area (Å²) in [7, 11) is 0. The minimum Gasteiger partial charge on any atom is -0.481 e. The molecule has 198 valence electrons. The van der Waals surface area contributed by atoms with Crippen molar-refractivity contribution in [2.75, 3.05) is 0 Å². The number of Topliss-reactive ketones (excluding diaryl/α,β-unsaturated/α-hetero) is 1. The van der Waals surface area contributed by atoms with Crippen molar-refractivity contribution in [3.63, 3.8) is 0 Å². The standard InChI is InChI=1S/C30H48O5/c1-26(2)22-15-19(31)17-16-27(3)12-9-21-29(5,14-11-24(33)30(21,6)25(34)35)20(27)8-7-18(17)28(22,4)13-10-23(26)32/h17-18,20-24,32-33H,7-16H2,1-6H3,(H,34,35)/t17-,18-,20-,21+,22-,23+,24+,27-,28+,29+,30+/m0/s1. The molecule has 0 radical (unpaired) electrons. The van der Waals surface area contributed by atoms with Crippen LogP contribution in [0.25, 0.3) is 0 Å². The van der Waals surface area contributed by atoms with E-state index in [0.717, 1.165) is 51.4 Å². The molecule has 0 aromatic carbocycles. The lowest BCUT2D eigenvalue weighted by Crippen LogP contribution is -2.62. The Morgan fingerprint density at radius 2 is 1.40 bits per heavy atom. The van der Waals surface area contributed by atoms with Crippen molar-refractivity contribution >= 4 is 11.8 Å². The van der Waals surface area contributed by atoms with Gasteiger partial charge in [0.05, 0.1) is 17.6 Å². The average molecular weight is 489 g/mol. The number of carbonyl (C=O) groups is 2. The molecule has 0 amide bonds. The third-order valence-electron chi connectivity index (χ3n) is 13.4. The first kappa shape index (κ1) is 25.7. The van der Waals surface area contributed by atoms with E-state index < -0.39 is 17.5 Å². The molecule has 5 heteroatoms. The zero-order valence-corrected chi connectivity index (χ0v) is 22.8. The molecule has 0 aromatic heterocycles. The van der Waals surface area contributed by atoms with Gasteiger partial charge in [-0.25, -0.2) is 0 Å². The van der Waals surface area contributed by atoms with Crippen LogP contribution in [0, 0.1) is 56.7 Å². The molecule has 5 aliphatic carbocycles. The van der Waals surface area contributed by atoms with Gasteiger partial charge in [0.2, 0.25) is 0 Å². The van der Waals surface area contributed by atoms with Gasteiger partial charge in [0, 0.05) is 12.3 Å². The molecule has 5 saturated carbocycles. The van der Waals surface area contributed by atoms with Gasteiger partial charge in [0.15, 0.2) is 0 Å². The summed E-state index contributed by atoms with van der Waals surface area (Å²) in [4.78, 5) is 26.3. The lowest BCUT2D eigenvalue weighted by molar-refractivity contribution is -0.200. The Labute approximate surface area is 211 Å². The van der Waals surface area contributed by atoms with E-state index in [1.807, 2.05) is 0 Å². The number of carboxylic acid groups (broad SMARTS) is 1. The third kappa shape index (κ3) is 3.25. The fraction of sp³-hybridized carbons (Fsp3) is 0.933. The normalized spacial score (nSPS) is 55.5. The second-order valence-electron chi connectivity index (χ2n) is 15.0. The summed E-state index contributed by atoms with van der Waals surface area (Å²) in [6, 6.07) is 0. The highest BCUT2D eigenvalue weighted by atomic mass is 16.4. The van der Waals surface area contributed by atoms with Gasteiger partial charge in [-0.3, -0.25) is 9.59 Å². The fourth-order valence-electron chi connectivity index (χ4n) is 11.2. The molecule has 5 nitrogen and oxygen atoms in total. The van der Waals surface area contributed by atoms with Gasteiger partial charge in [0.25, 0.3) is 0 Å². The predicted molar refractivity (Wildman–Crippen MR) is 134 cm³/mol. The number of ketones is 1. The first-order chi connectivity index (χ1) is 16.1. The van der Waals surface area contributed by atoms with Crippen LogP contribution in [0.15, 0.2) is 0 Å². The zero-order valence-electron chi connectivity index (χ0n) is 22.8. The van der Waals surface area contributed by atoms with Gasteiger partial charge in [-0.05, 0) is 110 Å². The number of hydrogen-bond acceptors (Lipinski definition) is 4. The van der Waals surface area contributed by atoms with Gasteiger partial charge < -0.3 is 15.3 Å². The SMILES string of the molecule is CC1(C)[C@H](O)CC[C@]2(C)[C@H]3CC[C@H]4[C@@](C)(CC[C@@H]5[C@]4(C)CC[C@@H](O)[C@]5(C)C(=O)O)C[C@@H]3C(=O)C[C@@H]12. The van der Waals surface area contributed by atoms with Crippen molar-refractivity contribution < 1.29 is 24.9 Å². The van der Waals surface area contributed by atoms with Crippen LogP contribution in [0.5, 0.6) is 0 Å². The van der Waals surface area contributed by atoms with E-state index in [1.165, 1.54) is 0 Å². The zero-order chi connectivity index (χ0) is 25.8. The van der Waals surface area contributed by atoms with Crippen LogP contribution < -0.4 is 0 Å². The van der Waals surface area contributed by atoms with Crippen LogP contribution in [-0.4, -0.2) is 39.3 Å². The Hall–Kier alpha value is -0.940. The topological polar surface area (TPSA) is 94.8 Å². The molecule has 0 saturated heterocycles. The monoisotopic (exact) mass is 488 g/mol. The van der Waals surface area contributed by atoms with Crippen LogP contribution >= 0.6 is 0 Å². The minimum absolute atomic E-state index is 0.0227. The van der Waals surface area contributed by atoms with E-state index in [1.54, 1.807) is 6.92 Å². The molecular formula is C30H48O5. The smallest absolute Gasteiger partial charge is 0.312 e. The van der Waals surface area contributed by atoms with Gasteiger partial charge in [-0.15, -0.1) is 0 Å². The summed E-state index contributed by atoms with van der Waals surface area (Å²) in [5, 5.41) is 31.9. The Kier molecular flexibility index (Phi) is 5.72. The Morgan fingerprint density at radius 3 is 2.06 bits per heavy atom. The van der Waals surface area contributed by atoms with Crippen molar-refractivity contribution in [3.8, 4) is 0 Å². The summed E-state index contributed by atoms with van der Waals surface area (Å²) in [5.74, 6) is 0.495. The van der Waals surface area contributed by atoms with Gasteiger partial charge in [-0.2, -0.15) is 0 Å². The maximum absolute atomic E-state index is 13.8. The highest BCUT2D eigenvalue weighted by Crippen LogP contribution is 2.70. The number of rotatable bonds is 1. The van der Waals surface area contributed by atoms with Crippen molar-refractivity contribution in [3.05, 3.63) is 0 Å². The highest BCUT2D eigenvalue weighted by molar-refractivity contribution is 5.83. The summed E-state index contributed by atoms with van der Waals surface area (Å²) in [6.45, 7) is 13.2. The van der Waals surface area contributed by atoms with Crippen LogP contribution in [0.2, 0.25) is 0 Å². The van der Waals surface area contributed by atoms with Gasteiger partial charge >= 0.3 is 5.97 Å². The second-order valence-corrected chi connectivity index (χ2v) is 15.0.